The Balaban J connectivity index is 1.89. The third-order valence-corrected chi connectivity index (χ3v) is 2.60. The van der Waals surface area contributed by atoms with Crippen molar-refractivity contribution in [2.75, 3.05) is 11.9 Å². The fourth-order valence-corrected chi connectivity index (χ4v) is 1.65. The second-order valence-electron chi connectivity index (χ2n) is 4.25. The summed E-state index contributed by atoms with van der Waals surface area (Å²) < 4.78 is 4.83. The van der Waals surface area contributed by atoms with Crippen LogP contribution in [0.1, 0.15) is 25.5 Å². The zero-order valence-corrected chi connectivity index (χ0v) is 9.90. The van der Waals surface area contributed by atoms with Crippen molar-refractivity contribution >= 4 is 17.6 Å². The smallest absolute Gasteiger partial charge is 0.245 e. The van der Waals surface area contributed by atoms with Gasteiger partial charge in [-0.25, -0.2) is 0 Å². The first-order valence-corrected chi connectivity index (χ1v) is 5.56. The second kappa shape index (κ2) is 4.57. The monoisotopic (exact) mass is 237 g/mol. The van der Waals surface area contributed by atoms with Gasteiger partial charge in [-0.2, -0.15) is 0 Å². The maximum absolute atomic E-state index is 11.7. The minimum absolute atomic E-state index is 0.0704. The van der Waals surface area contributed by atoms with Crippen molar-refractivity contribution < 1.29 is 14.1 Å². The summed E-state index contributed by atoms with van der Waals surface area (Å²) in [5.74, 6) is 0.692. The number of anilines is 1. The highest BCUT2D eigenvalue weighted by Gasteiger charge is 2.32. The van der Waals surface area contributed by atoms with Crippen molar-refractivity contribution in [3.05, 3.63) is 11.8 Å². The molecule has 0 aromatic carbocycles. The zero-order chi connectivity index (χ0) is 12.4. The molecule has 1 aromatic heterocycles. The molecule has 0 bridgehead atoms. The molecular weight excluding hydrogens is 222 g/mol. The first-order valence-electron chi connectivity index (χ1n) is 5.56. The summed E-state index contributed by atoms with van der Waals surface area (Å²) in [6.07, 6.45) is 1.96. The quantitative estimate of drug-likeness (QED) is 0.845. The molecule has 1 fully saturated rings. The van der Waals surface area contributed by atoms with Crippen LogP contribution in [-0.2, 0) is 9.59 Å². The molecule has 92 valence electrons. The first-order chi connectivity index (χ1) is 8.06. The molecule has 6 nitrogen and oxygen atoms in total. The van der Waals surface area contributed by atoms with Crippen LogP contribution in [0.3, 0.4) is 0 Å². The molecule has 17 heavy (non-hydrogen) atoms. The molecule has 2 amide bonds. The molecule has 0 radical (unpaired) electrons. The number of carbonyl (C=O) groups excluding carboxylic acids is 2. The predicted molar refractivity (Wildman–Crippen MR) is 60.3 cm³/mol. The SMILES string of the molecule is CC(=O)N(CC(=O)Nc1cc(C)on1)C1CC1. The lowest BCUT2D eigenvalue weighted by Crippen LogP contribution is -2.38. The Bertz CT molecular complexity index is 437. The van der Waals surface area contributed by atoms with Gasteiger partial charge in [-0.1, -0.05) is 5.16 Å². The summed E-state index contributed by atoms with van der Waals surface area (Å²) in [6, 6.07) is 1.87. The summed E-state index contributed by atoms with van der Waals surface area (Å²) >= 11 is 0. The molecule has 1 aliphatic rings. The average Bonchev–Trinajstić information content (AvgIpc) is 3.00. The van der Waals surface area contributed by atoms with Crippen LogP contribution in [0, 0.1) is 6.92 Å². The van der Waals surface area contributed by atoms with E-state index in [1.165, 1.54) is 6.92 Å². The van der Waals surface area contributed by atoms with Crippen LogP contribution in [0.5, 0.6) is 0 Å². The topological polar surface area (TPSA) is 75.4 Å². The van der Waals surface area contributed by atoms with Gasteiger partial charge in [-0.3, -0.25) is 9.59 Å². The summed E-state index contributed by atoms with van der Waals surface area (Å²) in [7, 11) is 0. The average molecular weight is 237 g/mol. The summed E-state index contributed by atoms with van der Waals surface area (Å²) in [5.41, 5.74) is 0. The van der Waals surface area contributed by atoms with E-state index in [0.29, 0.717) is 11.6 Å². The Labute approximate surface area is 98.9 Å². The van der Waals surface area contributed by atoms with E-state index < -0.39 is 0 Å². The molecule has 2 rings (SSSR count). The van der Waals surface area contributed by atoms with E-state index in [4.69, 9.17) is 4.52 Å². The molecule has 0 saturated heterocycles. The highest BCUT2D eigenvalue weighted by molar-refractivity contribution is 5.93. The van der Waals surface area contributed by atoms with E-state index in [-0.39, 0.29) is 24.4 Å². The van der Waals surface area contributed by atoms with Crippen LogP contribution < -0.4 is 5.32 Å². The predicted octanol–water partition coefficient (Wildman–Crippen LogP) is 0.932. The third-order valence-electron chi connectivity index (χ3n) is 2.60. The minimum atomic E-state index is -0.250. The van der Waals surface area contributed by atoms with Gasteiger partial charge in [-0.05, 0) is 19.8 Å². The number of carbonyl (C=O) groups is 2. The lowest BCUT2D eigenvalue weighted by atomic mass is 10.4. The van der Waals surface area contributed by atoms with Gasteiger partial charge >= 0.3 is 0 Å². The second-order valence-corrected chi connectivity index (χ2v) is 4.25. The van der Waals surface area contributed by atoms with Gasteiger partial charge in [0.15, 0.2) is 5.82 Å². The van der Waals surface area contributed by atoms with Gasteiger partial charge in [-0.15, -0.1) is 0 Å². The standard InChI is InChI=1S/C11H15N3O3/c1-7-5-10(13-17-7)12-11(16)6-14(8(2)15)9-3-4-9/h5,9H,3-4,6H2,1-2H3,(H,12,13,16). The number of nitrogens with zero attached hydrogens (tertiary/aromatic N) is 2. The van der Waals surface area contributed by atoms with E-state index in [2.05, 4.69) is 10.5 Å². The number of hydrogen-bond acceptors (Lipinski definition) is 4. The van der Waals surface area contributed by atoms with Crippen LogP contribution in [0.25, 0.3) is 0 Å². The van der Waals surface area contributed by atoms with Crippen LogP contribution >= 0.6 is 0 Å². The van der Waals surface area contributed by atoms with Crippen molar-refractivity contribution in [1.82, 2.24) is 10.1 Å². The normalized spacial score (nSPS) is 14.5. The molecule has 0 spiro atoms. The number of aromatic nitrogens is 1. The Kier molecular flexibility index (Phi) is 3.12. The molecule has 0 atom stereocenters. The summed E-state index contributed by atoms with van der Waals surface area (Å²) in [5, 5.41) is 6.25. The maximum atomic E-state index is 11.7. The van der Waals surface area contributed by atoms with Gasteiger partial charge in [0.1, 0.15) is 12.3 Å². The third kappa shape index (κ3) is 3.05. The van der Waals surface area contributed by atoms with E-state index in [0.717, 1.165) is 12.8 Å². The van der Waals surface area contributed by atoms with E-state index in [1.807, 2.05) is 0 Å². The highest BCUT2D eigenvalue weighted by atomic mass is 16.5. The Morgan fingerprint density at radius 2 is 2.29 bits per heavy atom. The molecule has 6 heteroatoms. The number of hydrogen-bond donors (Lipinski definition) is 1. The lowest BCUT2D eigenvalue weighted by Gasteiger charge is -2.19. The highest BCUT2D eigenvalue weighted by Crippen LogP contribution is 2.26. The van der Waals surface area contributed by atoms with Gasteiger partial charge in [0.25, 0.3) is 0 Å². The van der Waals surface area contributed by atoms with Gasteiger partial charge in [0.2, 0.25) is 11.8 Å². The zero-order valence-electron chi connectivity index (χ0n) is 9.90. The number of aryl methyl sites for hydroxylation is 1. The van der Waals surface area contributed by atoms with Crippen LogP contribution in [0.15, 0.2) is 10.6 Å². The number of nitrogens with one attached hydrogen (secondary N) is 1. The van der Waals surface area contributed by atoms with Crippen molar-refractivity contribution in [2.45, 2.75) is 32.7 Å². The fourth-order valence-electron chi connectivity index (χ4n) is 1.65. The minimum Gasteiger partial charge on any atom is -0.360 e. The van der Waals surface area contributed by atoms with E-state index >= 15 is 0 Å². The number of amides is 2. The van der Waals surface area contributed by atoms with Gasteiger partial charge in [0, 0.05) is 19.0 Å². The van der Waals surface area contributed by atoms with E-state index in [9.17, 15) is 9.59 Å². The molecule has 1 aliphatic carbocycles. The Morgan fingerprint density at radius 3 is 2.76 bits per heavy atom. The van der Waals surface area contributed by atoms with E-state index in [1.54, 1.807) is 17.9 Å². The van der Waals surface area contributed by atoms with Crippen molar-refractivity contribution in [3.63, 3.8) is 0 Å². The molecular formula is C11H15N3O3. The lowest BCUT2D eigenvalue weighted by molar-refractivity contribution is -0.133. The van der Waals surface area contributed by atoms with Gasteiger partial charge in [0.05, 0.1) is 0 Å². The fraction of sp³-hybridized carbons (Fsp3) is 0.545. The molecule has 1 aromatic rings. The first kappa shape index (κ1) is 11.6. The Morgan fingerprint density at radius 1 is 1.59 bits per heavy atom. The molecule has 0 unspecified atom stereocenters. The molecule has 0 aliphatic heterocycles. The van der Waals surface area contributed by atoms with Crippen LogP contribution in [0.4, 0.5) is 5.82 Å². The Hall–Kier alpha value is -1.85. The van der Waals surface area contributed by atoms with Gasteiger partial charge < -0.3 is 14.7 Å². The summed E-state index contributed by atoms with van der Waals surface area (Å²) in [4.78, 5) is 24.6. The maximum Gasteiger partial charge on any atom is 0.245 e. The molecule has 1 N–H and O–H groups in total. The van der Waals surface area contributed by atoms with Crippen LogP contribution in [-0.4, -0.2) is 34.5 Å². The molecule has 1 saturated carbocycles. The van der Waals surface area contributed by atoms with Crippen molar-refractivity contribution in [2.24, 2.45) is 0 Å². The van der Waals surface area contributed by atoms with Crippen molar-refractivity contribution in [1.29, 1.82) is 0 Å². The van der Waals surface area contributed by atoms with Crippen molar-refractivity contribution in [3.8, 4) is 0 Å². The largest absolute Gasteiger partial charge is 0.360 e. The number of rotatable bonds is 4. The summed E-state index contributed by atoms with van der Waals surface area (Å²) in [6.45, 7) is 3.30. The van der Waals surface area contributed by atoms with Crippen LogP contribution in [0.2, 0.25) is 0 Å². The molecule has 1 heterocycles.